The molecule has 0 spiro atoms. The normalized spacial score (nSPS) is 11.5. The summed E-state index contributed by atoms with van der Waals surface area (Å²) in [4.78, 5) is 28.8. The van der Waals surface area contributed by atoms with Crippen LogP contribution in [0.5, 0.6) is 17.2 Å². The molecule has 0 bridgehead atoms. The van der Waals surface area contributed by atoms with Crippen molar-refractivity contribution < 1.29 is 23.8 Å². The molecule has 3 rings (SSSR count). The van der Waals surface area contributed by atoms with E-state index >= 15 is 0 Å². The minimum Gasteiger partial charge on any atom is -0.496 e. The zero-order valence-electron chi connectivity index (χ0n) is 22.2. The van der Waals surface area contributed by atoms with E-state index in [0.29, 0.717) is 23.7 Å². The van der Waals surface area contributed by atoms with E-state index in [1.165, 1.54) is 0 Å². The van der Waals surface area contributed by atoms with Crippen LogP contribution in [-0.4, -0.2) is 49.6 Å². The predicted octanol–water partition coefficient (Wildman–Crippen LogP) is 4.56. The molecule has 1 atom stereocenters. The van der Waals surface area contributed by atoms with E-state index in [0.717, 1.165) is 16.7 Å². The average molecular weight is 505 g/mol. The van der Waals surface area contributed by atoms with E-state index in [9.17, 15) is 9.59 Å². The summed E-state index contributed by atoms with van der Waals surface area (Å²) in [5.74, 6) is 1.04. The minimum atomic E-state index is -0.722. The average Bonchev–Trinajstić information content (AvgIpc) is 2.90. The van der Waals surface area contributed by atoms with Crippen molar-refractivity contribution in [2.45, 2.75) is 45.8 Å². The molecule has 0 saturated heterocycles. The first-order chi connectivity index (χ1) is 17.8. The monoisotopic (exact) mass is 504 g/mol. The Labute approximate surface area is 219 Å². The summed E-state index contributed by atoms with van der Waals surface area (Å²) in [6, 6.07) is 21.9. The number of hydrogen-bond donors (Lipinski definition) is 1. The van der Waals surface area contributed by atoms with Gasteiger partial charge in [-0.25, -0.2) is 0 Å². The smallest absolute Gasteiger partial charge is 0.261 e. The fourth-order valence-corrected chi connectivity index (χ4v) is 4.00. The maximum Gasteiger partial charge on any atom is 0.261 e. The lowest BCUT2D eigenvalue weighted by molar-refractivity contribution is -0.143. The molecular formula is C30H36N2O5. The molecule has 0 saturated carbocycles. The Balaban J connectivity index is 1.93. The van der Waals surface area contributed by atoms with Crippen molar-refractivity contribution in [3.8, 4) is 17.2 Å². The Morgan fingerprint density at radius 2 is 1.46 bits per heavy atom. The Hall–Kier alpha value is -4.00. The van der Waals surface area contributed by atoms with Crippen LogP contribution in [0.3, 0.4) is 0 Å². The highest BCUT2D eigenvalue weighted by molar-refractivity contribution is 5.88. The second-order valence-corrected chi connectivity index (χ2v) is 9.15. The number of nitrogens with zero attached hydrogens (tertiary/aromatic N) is 1. The fourth-order valence-electron chi connectivity index (χ4n) is 4.00. The number of carbonyl (C=O) groups excluding carboxylic acids is 2. The van der Waals surface area contributed by atoms with Crippen molar-refractivity contribution in [3.05, 3.63) is 89.5 Å². The zero-order chi connectivity index (χ0) is 26.8. The summed E-state index contributed by atoms with van der Waals surface area (Å²) < 4.78 is 16.5. The van der Waals surface area contributed by atoms with Crippen LogP contribution in [0.1, 0.15) is 30.5 Å². The van der Waals surface area contributed by atoms with Gasteiger partial charge in [-0.2, -0.15) is 0 Å². The van der Waals surface area contributed by atoms with Crippen LogP contribution in [0, 0.1) is 6.92 Å². The maximum absolute atomic E-state index is 13.7. The second kappa shape index (κ2) is 13.3. The zero-order valence-corrected chi connectivity index (χ0v) is 22.2. The molecule has 0 aromatic heterocycles. The SMILES string of the molecule is COc1cc(OC)cc(OCC(=O)N(Cc2ccccc2C)C(Cc2ccccc2)C(=O)NC(C)C)c1. The number of ether oxygens (including phenoxy) is 3. The van der Waals surface area contributed by atoms with Crippen LogP contribution < -0.4 is 19.5 Å². The third kappa shape index (κ3) is 8.00. The van der Waals surface area contributed by atoms with Gasteiger partial charge in [-0.1, -0.05) is 54.6 Å². The largest absolute Gasteiger partial charge is 0.496 e. The number of aryl methyl sites for hydroxylation is 1. The van der Waals surface area contributed by atoms with E-state index in [4.69, 9.17) is 14.2 Å². The van der Waals surface area contributed by atoms with Gasteiger partial charge in [0.15, 0.2) is 6.61 Å². The standard InChI is InChI=1S/C30H36N2O5/c1-21(2)31-30(34)28(15-23-12-7-6-8-13-23)32(19-24-14-10-9-11-22(24)3)29(33)20-37-27-17-25(35-4)16-26(18-27)36-5/h6-14,16-18,21,28H,15,19-20H2,1-5H3,(H,31,34). The van der Waals surface area contributed by atoms with Crippen LogP contribution in [0.2, 0.25) is 0 Å². The summed E-state index contributed by atoms with van der Waals surface area (Å²) >= 11 is 0. The van der Waals surface area contributed by atoms with Gasteiger partial charge in [0, 0.05) is 37.2 Å². The molecule has 0 radical (unpaired) electrons. The molecule has 196 valence electrons. The molecule has 1 unspecified atom stereocenters. The number of amides is 2. The Morgan fingerprint density at radius 3 is 2.05 bits per heavy atom. The topological polar surface area (TPSA) is 77.1 Å². The highest BCUT2D eigenvalue weighted by Crippen LogP contribution is 2.27. The highest BCUT2D eigenvalue weighted by atomic mass is 16.5. The van der Waals surface area contributed by atoms with Gasteiger partial charge in [-0.3, -0.25) is 9.59 Å². The Bertz CT molecular complexity index is 1160. The lowest BCUT2D eigenvalue weighted by Crippen LogP contribution is -2.52. The maximum atomic E-state index is 13.7. The predicted molar refractivity (Wildman–Crippen MR) is 144 cm³/mol. The first kappa shape index (κ1) is 27.6. The quantitative estimate of drug-likeness (QED) is 0.391. The van der Waals surface area contributed by atoms with Gasteiger partial charge < -0.3 is 24.4 Å². The van der Waals surface area contributed by atoms with Gasteiger partial charge in [-0.15, -0.1) is 0 Å². The van der Waals surface area contributed by atoms with E-state index in [2.05, 4.69) is 5.32 Å². The molecule has 7 nitrogen and oxygen atoms in total. The first-order valence-corrected chi connectivity index (χ1v) is 12.3. The minimum absolute atomic E-state index is 0.0679. The van der Waals surface area contributed by atoms with Crippen LogP contribution in [-0.2, 0) is 22.6 Å². The number of nitrogens with one attached hydrogen (secondary N) is 1. The number of carbonyl (C=O) groups is 2. The van der Waals surface area contributed by atoms with Crippen LogP contribution in [0.4, 0.5) is 0 Å². The molecule has 3 aromatic rings. The molecule has 2 amide bonds. The Morgan fingerprint density at radius 1 is 0.865 bits per heavy atom. The van der Waals surface area contributed by atoms with Gasteiger partial charge >= 0.3 is 0 Å². The number of methoxy groups -OCH3 is 2. The van der Waals surface area contributed by atoms with Gasteiger partial charge in [0.2, 0.25) is 5.91 Å². The summed E-state index contributed by atoms with van der Waals surface area (Å²) in [5.41, 5.74) is 2.98. The van der Waals surface area contributed by atoms with Crippen molar-refractivity contribution in [1.82, 2.24) is 10.2 Å². The van der Waals surface area contributed by atoms with E-state index in [-0.39, 0.29) is 31.0 Å². The molecule has 0 aliphatic heterocycles. The lowest BCUT2D eigenvalue weighted by atomic mass is 10.0. The highest BCUT2D eigenvalue weighted by Gasteiger charge is 2.31. The van der Waals surface area contributed by atoms with Crippen LogP contribution in [0.25, 0.3) is 0 Å². The summed E-state index contributed by atoms with van der Waals surface area (Å²) in [5, 5.41) is 3.00. The molecule has 0 aliphatic rings. The van der Waals surface area contributed by atoms with Crippen molar-refractivity contribution in [1.29, 1.82) is 0 Å². The van der Waals surface area contributed by atoms with Gasteiger partial charge in [0.25, 0.3) is 5.91 Å². The third-order valence-corrected chi connectivity index (χ3v) is 5.99. The first-order valence-electron chi connectivity index (χ1n) is 12.3. The molecule has 3 aromatic carbocycles. The van der Waals surface area contributed by atoms with Gasteiger partial charge in [0.1, 0.15) is 23.3 Å². The van der Waals surface area contributed by atoms with Crippen molar-refractivity contribution in [2.24, 2.45) is 0 Å². The van der Waals surface area contributed by atoms with E-state index in [1.807, 2.05) is 75.4 Å². The second-order valence-electron chi connectivity index (χ2n) is 9.15. The summed E-state index contributed by atoms with van der Waals surface area (Å²) in [6.45, 7) is 5.84. The van der Waals surface area contributed by atoms with Crippen molar-refractivity contribution in [2.75, 3.05) is 20.8 Å². The number of rotatable bonds is 12. The van der Waals surface area contributed by atoms with Crippen molar-refractivity contribution in [3.63, 3.8) is 0 Å². The third-order valence-electron chi connectivity index (χ3n) is 5.99. The number of hydrogen-bond acceptors (Lipinski definition) is 5. The van der Waals surface area contributed by atoms with Crippen LogP contribution in [0.15, 0.2) is 72.8 Å². The fraction of sp³-hybridized carbons (Fsp3) is 0.333. The van der Waals surface area contributed by atoms with Crippen LogP contribution >= 0.6 is 0 Å². The molecule has 0 aliphatic carbocycles. The van der Waals surface area contributed by atoms with Crippen molar-refractivity contribution >= 4 is 11.8 Å². The van der Waals surface area contributed by atoms with E-state index < -0.39 is 6.04 Å². The molecule has 1 N–H and O–H groups in total. The lowest BCUT2D eigenvalue weighted by Gasteiger charge is -2.32. The summed E-state index contributed by atoms with van der Waals surface area (Å²) in [6.07, 6.45) is 0.379. The van der Waals surface area contributed by atoms with Gasteiger partial charge in [-0.05, 0) is 37.5 Å². The molecule has 0 heterocycles. The molecule has 7 heteroatoms. The van der Waals surface area contributed by atoms with Gasteiger partial charge in [0.05, 0.1) is 14.2 Å². The Kier molecular flexibility index (Phi) is 9.95. The number of benzene rings is 3. The molecule has 37 heavy (non-hydrogen) atoms. The molecule has 0 fully saturated rings. The summed E-state index contributed by atoms with van der Waals surface area (Å²) in [7, 11) is 3.10. The molecular weight excluding hydrogens is 468 g/mol. The van der Waals surface area contributed by atoms with E-state index in [1.54, 1.807) is 37.3 Å².